The number of carbonyl (C=O) groups is 1. The number of halogens is 1. The van der Waals surface area contributed by atoms with Gasteiger partial charge in [0.2, 0.25) is 0 Å². The summed E-state index contributed by atoms with van der Waals surface area (Å²) in [5, 5.41) is 0.643. The van der Waals surface area contributed by atoms with Crippen LogP contribution in [0.15, 0.2) is 12.1 Å². The highest BCUT2D eigenvalue weighted by Gasteiger charge is 2.52. The SMILES string of the molecule is Cc1cc(Cl)cc(B2OC(C)(C)C(C)(C)O2)c1CC1CN(C(=O)OC(C)(C)C)C[C@H](C)O1. The Bertz CT molecular complexity index is 851. The van der Waals surface area contributed by atoms with E-state index in [0.717, 1.165) is 16.6 Å². The van der Waals surface area contributed by atoms with Gasteiger partial charge in [-0.25, -0.2) is 4.79 Å². The summed E-state index contributed by atoms with van der Waals surface area (Å²) in [5.41, 5.74) is 1.61. The quantitative estimate of drug-likeness (QED) is 0.615. The second-order valence-electron chi connectivity index (χ2n) is 11.0. The van der Waals surface area contributed by atoms with Crippen molar-refractivity contribution >= 4 is 30.3 Å². The van der Waals surface area contributed by atoms with Crippen LogP contribution in [-0.2, 0) is 25.2 Å². The Labute approximate surface area is 198 Å². The Morgan fingerprint density at radius 2 is 1.78 bits per heavy atom. The van der Waals surface area contributed by atoms with Gasteiger partial charge in [-0.05, 0) is 91.0 Å². The number of aryl methyl sites for hydroxylation is 1. The van der Waals surface area contributed by atoms with Crippen LogP contribution in [0.25, 0.3) is 0 Å². The van der Waals surface area contributed by atoms with E-state index in [4.69, 9.17) is 30.4 Å². The number of morpholine rings is 1. The van der Waals surface area contributed by atoms with E-state index in [1.165, 1.54) is 0 Å². The van der Waals surface area contributed by atoms with Crippen LogP contribution in [0.3, 0.4) is 0 Å². The number of hydrogen-bond acceptors (Lipinski definition) is 5. The average Bonchev–Trinajstić information content (AvgIpc) is 2.82. The molecule has 1 aromatic carbocycles. The number of hydrogen-bond donors (Lipinski definition) is 0. The van der Waals surface area contributed by atoms with Crippen molar-refractivity contribution in [3.05, 3.63) is 28.3 Å². The van der Waals surface area contributed by atoms with Gasteiger partial charge in [0.25, 0.3) is 0 Å². The lowest BCUT2D eigenvalue weighted by Crippen LogP contribution is -2.51. The smallest absolute Gasteiger partial charge is 0.444 e. The topological polar surface area (TPSA) is 57.2 Å². The summed E-state index contributed by atoms with van der Waals surface area (Å²) in [6.07, 6.45) is 0.0460. The molecular weight excluding hydrogens is 429 g/mol. The highest BCUT2D eigenvalue weighted by atomic mass is 35.5. The second kappa shape index (κ2) is 8.82. The Hall–Kier alpha value is -1.28. The van der Waals surface area contributed by atoms with E-state index >= 15 is 0 Å². The first-order chi connectivity index (χ1) is 14.6. The van der Waals surface area contributed by atoms with Gasteiger partial charge in [-0.2, -0.15) is 0 Å². The molecule has 0 aliphatic carbocycles. The lowest BCUT2D eigenvalue weighted by Gasteiger charge is -2.38. The van der Waals surface area contributed by atoms with Crippen LogP contribution in [0, 0.1) is 6.92 Å². The van der Waals surface area contributed by atoms with Crippen molar-refractivity contribution < 1.29 is 23.6 Å². The largest absolute Gasteiger partial charge is 0.495 e. The zero-order valence-electron chi connectivity index (χ0n) is 20.9. The van der Waals surface area contributed by atoms with Crippen LogP contribution >= 0.6 is 11.6 Å². The van der Waals surface area contributed by atoms with Crippen molar-refractivity contribution in [2.24, 2.45) is 0 Å². The average molecular weight is 466 g/mol. The maximum atomic E-state index is 12.7. The van der Waals surface area contributed by atoms with Crippen LogP contribution in [-0.4, -0.2) is 60.2 Å². The first-order valence-corrected chi connectivity index (χ1v) is 11.7. The van der Waals surface area contributed by atoms with E-state index in [1.807, 2.05) is 74.4 Å². The molecule has 1 aromatic rings. The van der Waals surface area contributed by atoms with Gasteiger partial charge in [-0.1, -0.05) is 11.6 Å². The molecule has 1 unspecified atom stereocenters. The number of rotatable bonds is 3. The molecule has 2 saturated heterocycles. The fourth-order valence-electron chi connectivity index (χ4n) is 4.12. The van der Waals surface area contributed by atoms with Gasteiger partial charge in [0.05, 0.1) is 36.5 Å². The van der Waals surface area contributed by atoms with Gasteiger partial charge in [0.15, 0.2) is 0 Å². The van der Waals surface area contributed by atoms with Crippen molar-refractivity contribution in [3.63, 3.8) is 0 Å². The molecule has 2 aliphatic rings. The molecule has 2 aliphatic heterocycles. The minimum absolute atomic E-state index is 0.0887. The highest BCUT2D eigenvalue weighted by molar-refractivity contribution is 6.63. The Kier molecular flexibility index (Phi) is 6.99. The van der Waals surface area contributed by atoms with Crippen molar-refractivity contribution in [2.75, 3.05) is 13.1 Å². The molecule has 2 heterocycles. The van der Waals surface area contributed by atoms with E-state index in [-0.39, 0.29) is 18.3 Å². The van der Waals surface area contributed by atoms with Gasteiger partial charge in [-0.3, -0.25) is 0 Å². The zero-order valence-corrected chi connectivity index (χ0v) is 21.6. The van der Waals surface area contributed by atoms with Crippen molar-refractivity contribution in [1.29, 1.82) is 0 Å². The molecule has 0 N–H and O–H groups in total. The van der Waals surface area contributed by atoms with E-state index in [2.05, 4.69) is 0 Å². The van der Waals surface area contributed by atoms with E-state index in [0.29, 0.717) is 24.5 Å². The van der Waals surface area contributed by atoms with Crippen molar-refractivity contribution in [3.8, 4) is 0 Å². The monoisotopic (exact) mass is 465 g/mol. The standard InChI is InChI=1S/C24H37BClNO5/c1-15-10-17(26)11-20(25-31-23(6,7)24(8,9)32-25)19(15)12-18-14-27(13-16(2)29-18)21(28)30-22(3,4)5/h10-11,16,18H,12-14H2,1-9H3/t16-,18?/m0/s1. The first kappa shape index (κ1) is 25.3. The summed E-state index contributed by atoms with van der Waals surface area (Å²) in [6, 6.07) is 3.87. The molecule has 0 bridgehead atoms. The van der Waals surface area contributed by atoms with Crippen LogP contribution < -0.4 is 5.46 Å². The van der Waals surface area contributed by atoms with Gasteiger partial charge in [0.1, 0.15) is 5.60 Å². The second-order valence-corrected chi connectivity index (χ2v) is 11.5. The maximum absolute atomic E-state index is 12.7. The van der Waals surface area contributed by atoms with E-state index in [9.17, 15) is 4.79 Å². The van der Waals surface area contributed by atoms with Crippen molar-refractivity contribution in [1.82, 2.24) is 4.90 Å². The fourth-order valence-corrected chi connectivity index (χ4v) is 4.40. The zero-order chi connectivity index (χ0) is 24.1. The lowest BCUT2D eigenvalue weighted by molar-refractivity contribution is -0.0791. The van der Waals surface area contributed by atoms with Crippen LogP contribution in [0.4, 0.5) is 4.79 Å². The molecule has 32 heavy (non-hydrogen) atoms. The fraction of sp³-hybridized carbons (Fsp3) is 0.708. The van der Waals surface area contributed by atoms with Crippen LogP contribution in [0.5, 0.6) is 0 Å². The molecule has 2 fully saturated rings. The third-order valence-corrected chi connectivity index (χ3v) is 6.61. The normalized spacial score (nSPS) is 25.2. The minimum atomic E-state index is -0.537. The van der Waals surface area contributed by atoms with Crippen molar-refractivity contribution in [2.45, 2.75) is 97.7 Å². The predicted octanol–water partition coefficient (Wildman–Crippen LogP) is 4.51. The summed E-state index contributed by atoms with van der Waals surface area (Å²) in [6.45, 7) is 18.8. The molecule has 0 saturated carbocycles. The Balaban J connectivity index is 1.85. The van der Waals surface area contributed by atoms with Gasteiger partial charge < -0.3 is 23.7 Å². The maximum Gasteiger partial charge on any atom is 0.495 e. The van der Waals surface area contributed by atoms with Crippen LogP contribution in [0.2, 0.25) is 5.02 Å². The molecule has 0 aromatic heterocycles. The molecule has 0 radical (unpaired) electrons. The van der Waals surface area contributed by atoms with E-state index < -0.39 is 23.9 Å². The van der Waals surface area contributed by atoms with Crippen LogP contribution in [0.1, 0.15) is 66.5 Å². The van der Waals surface area contributed by atoms with Gasteiger partial charge >= 0.3 is 13.2 Å². The number of carbonyl (C=O) groups excluding carboxylic acids is 1. The summed E-state index contributed by atoms with van der Waals surface area (Å²) in [5.74, 6) is 0. The summed E-state index contributed by atoms with van der Waals surface area (Å²) >= 11 is 6.42. The molecular formula is C24H37BClNO5. The first-order valence-electron chi connectivity index (χ1n) is 11.4. The number of benzene rings is 1. The van der Waals surface area contributed by atoms with E-state index in [1.54, 1.807) is 4.90 Å². The van der Waals surface area contributed by atoms with Gasteiger partial charge in [0, 0.05) is 11.4 Å². The molecule has 2 atom stereocenters. The number of amides is 1. The minimum Gasteiger partial charge on any atom is -0.444 e. The molecule has 178 valence electrons. The lowest BCUT2D eigenvalue weighted by atomic mass is 9.73. The molecule has 3 rings (SSSR count). The predicted molar refractivity (Wildman–Crippen MR) is 128 cm³/mol. The number of nitrogens with zero attached hydrogens (tertiary/aromatic N) is 1. The highest BCUT2D eigenvalue weighted by Crippen LogP contribution is 2.37. The summed E-state index contributed by atoms with van der Waals surface area (Å²) < 4.78 is 24.4. The Morgan fingerprint density at radius 1 is 1.19 bits per heavy atom. The van der Waals surface area contributed by atoms with Gasteiger partial charge in [-0.15, -0.1) is 0 Å². The third-order valence-electron chi connectivity index (χ3n) is 6.39. The molecule has 6 nitrogen and oxygen atoms in total. The molecule has 0 spiro atoms. The number of ether oxygens (including phenoxy) is 2. The molecule has 8 heteroatoms. The molecule has 1 amide bonds. The summed E-state index contributed by atoms with van der Waals surface area (Å²) in [4.78, 5) is 14.4. The third kappa shape index (κ3) is 5.61. The Morgan fingerprint density at radius 3 is 2.34 bits per heavy atom. The summed E-state index contributed by atoms with van der Waals surface area (Å²) in [7, 11) is -0.518.